The molecule has 2 rings (SSSR count). The summed E-state index contributed by atoms with van der Waals surface area (Å²) in [5.74, 6) is 0.860. The van der Waals surface area contributed by atoms with Gasteiger partial charge in [0.1, 0.15) is 11.5 Å². The van der Waals surface area contributed by atoms with Gasteiger partial charge in [0.25, 0.3) is 11.6 Å². The van der Waals surface area contributed by atoms with E-state index in [-0.39, 0.29) is 5.69 Å². The number of nitro benzene ring substituents is 1. The molecule has 2 aromatic rings. The van der Waals surface area contributed by atoms with Crippen LogP contribution >= 0.6 is 0 Å². The Morgan fingerprint density at radius 2 is 2.14 bits per heavy atom. The number of anilines is 1. The lowest BCUT2D eigenvalue weighted by Gasteiger charge is -2.14. The van der Waals surface area contributed by atoms with E-state index in [0.29, 0.717) is 22.9 Å². The Labute approximate surface area is 126 Å². The zero-order chi connectivity index (χ0) is 16.3. The molecule has 1 aromatic carbocycles. The average Bonchev–Trinajstić information content (AvgIpc) is 2.83. The van der Waals surface area contributed by atoms with Crippen molar-refractivity contribution in [2.75, 3.05) is 5.32 Å². The number of rotatable bonds is 5. The van der Waals surface area contributed by atoms with Crippen molar-refractivity contribution >= 4 is 17.4 Å². The number of nitrogens with one attached hydrogen (secondary N) is 1. The third-order valence-corrected chi connectivity index (χ3v) is 2.93. The van der Waals surface area contributed by atoms with E-state index in [9.17, 15) is 14.9 Å². The van der Waals surface area contributed by atoms with Crippen molar-refractivity contribution in [2.24, 2.45) is 0 Å². The molecular formula is C14H15N3O5. The molecule has 1 unspecified atom stereocenters. The Morgan fingerprint density at radius 3 is 2.68 bits per heavy atom. The van der Waals surface area contributed by atoms with Crippen LogP contribution in [0.4, 0.5) is 11.5 Å². The Bertz CT molecular complexity index is 710. The van der Waals surface area contributed by atoms with Gasteiger partial charge in [-0.25, -0.2) is 0 Å². The highest BCUT2D eigenvalue weighted by Crippen LogP contribution is 2.23. The maximum Gasteiger partial charge on any atom is 0.272 e. The predicted octanol–water partition coefficient (Wildman–Crippen LogP) is 2.61. The van der Waals surface area contributed by atoms with Crippen LogP contribution in [0.3, 0.4) is 0 Å². The first-order valence-corrected chi connectivity index (χ1v) is 6.52. The summed E-state index contributed by atoms with van der Waals surface area (Å²) < 4.78 is 10.3. The lowest BCUT2D eigenvalue weighted by atomic mass is 10.2. The normalized spacial score (nSPS) is 11.8. The summed E-state index contributed by atoms with van der Waals surface area (Å²) >= 11 is 0. The van der Waals surface area contributed by atoms with Gasteiger partial charge in [0.15, 0.2) is 11.9 Å². The van der Waals surface area contributed by atoms with Gasteiger partial charge in [0.05, 0.1) is 4.92 Å². The van der Waals surface area contributed by atoms with Crippen LogP contribution in [-0.4, -0.2) is 22.1 Å². The molecule has 0 fully saturated rings. The first kappa shape index (κ1) is 15.5. The third kappa shape index (κ3) is 3.60. The van der Waals surface area contributed by atoms with E-state index < -0.39 is 16.9 Å². The fourth-order valence-corrected chi connectivity index (χ4v) is 1.82. The molecule has 1 amide bonds. The second-order valence-corrected chi connectivity index (χ2v) is 4.78. The molecule has 8 nitrogen and oxygen atoms in total. The number of aryl methyl sites for hydroxylation is 2. The van der Waals surface area contributed by atoms with Crippen LogP contribution < -0.4 is 10.1 Å². The highest BCUT2D eigenvalue weighted by Gasteiger charge is 2.18. The number of nitrogens with zero attached hydrogens (tertiary/aromatic N) is 2. The molecule has 0 aliphatic rings. The first-order valence-electron chi connectivity index (χ1n) is 6.52. The minimum atomic E-state index is -0.794. The number of hydrogen-bond acceptors (Lipinski definition) is 6. The van der Waals surface area contributed by atoms with Crippen molar-refractivity contribution in [3.8, 4) is 5.75 Å². The average molecular weight is 305 g/mol. The van der Waals surface area contributed by atoms with Crippen molar-refractivity contribution in [2.45, 2.75) is 26.9 Å². The van der Waals surface area contributed by atoms with Crippen LogP contribution in [0, 0.1) is 24.0 Å². The summed E-state index contributed by atoms with van der Waals surface area (Å²) in [5.41, 5.74) is 0.463. The number of hydrogen-bond donors (Lipinski definition) is 1. The van der Waals surface area contributed by atoms with Crippen molar-refractivity contribution in [3.63, 3.8) is 0 Å². The number of carbonyl (C=O) groups excluding carboxylic acids is 1. The number of benzene rings is 1. The summed E-state index contributed by atoms with van der Waals surface area (Å²) in [4.78, 5) is 22.2. The molecule has 1 atom stereocenters. The van der Waals surface area contributed by atoms with Crippen LogP contribution in [0.15, 0.2) is 28.8 Å². The highest BCUT2D eigenvalue weighted by atomic mass is 16.6. The molecule has 116 valence electrons. The van der Waals surface area contributed by atoms with Crippen LogP contribution in [0.1, 0.15) is 18.2 Å². The van der Waals surface area contributed by atoms with Gasteiger partial charge in [-0.3, -0.25) is 14.9 Å². The summed E-state index contributed by atoms with van der Waals surface area (Å²) in [6, 6.07) is 5.90. The number of nitro groups is 1. The maximum atomic E-state index is 12.0. The highest BCUT2D eigenvalue weighted by molar-refractivity contribution is 5.93. The molecule has 0 saturated carbocycles. The molecule has 0 spiro atoms. The van der Waals surface area contributed by atoms with Gasteiger partial charge in [0, 0.05) is 17.7 Å². The monoisotopic (exact) mass is 305 g/mol. The summed E-state index contributed by atoms with van der Waals surface area (Å²) in [7, 11) is 0. The van der Waals surface area contributed by atoms with Crippen LogP contribution in [0.5, 0.6) is 5.75 Å². The second kappa shape index (κ2) is 6.25. The van der Waals surface area contributed by atoms with Crippen LogP contribution in [-0.2, 0) is 4.79 Å². The van der Waals surface area contributed by atoms with Crippen molar-refractivity contribution in [1.29, 1.82) is 0 Å². The number of carbonyl (C=O) groups is 1. The zero-order valence-corrected chi connectivity index (χ0v) is 12.3. The van der Waals surface area contributed by atoms with Gasteiger partial charge in [-0.05, 0) is 32.9 Å². The molecule has 0 radical (unpaired) electrons. The van der Waals surface area contributed by atoms with E-state index in [2.05, 4.69) is 10.5 Å². The molecule has 0 saturated heterocycles. The molecule has 0 bridgehead atoms. The predicted molar refractivity (Wildman–Crippen MR) is 77.8 cm³/mol. The lowest BCUT2D eigenvalue weighted by molar-refractivity contribution is -0.385. The number of aromatic nitrogens is 1. The Kier molecular flexibility index (Phi) is 4.40. The molecule has 1 heterocycles. The fourth-order valence-electron chi connectivity index (χ4n) is 1.82. The Hall–Kier alpha value is -2.90. The fraction of sp³-hybridized carbons (Fsp3) is 0.286. The topological polar surface area (TPSA) is 108 Å². The van der Waals surface area contributed by atoms with E-state index in [1.165, 1.54) is 18.2 Å². The molecule has 0 aliphatic carbocycles. The molecular weight excluding hydrogens is 290 g/mol. The quantitative estimate of drug-likeness (QED) is 0.672. The maximum absolute atomic E-state index is 12.0. The zero-order valence-electron chi connectivity index (χ0n) is 12.3. The van der Waals surface area contributed by atoms with E-state index >= 15 is 0 Å². The van der Waals surface area contributed by atoms with Gasteiger partial charge in [-0.1, -0.05) is 5.16 Å². The molecule has 22 heavy (non-hydrogen) atoms. The Balaban J connectivity index is 2.02. The van der Waals surface area contributed by atoms with E-state index in [4.69, 9.17) is 9.26 Å². The SMILES string of the molecule is Cc1cc(NC(=O)C(C)Oc2ccc([N+](=O)[O-])c(C)c2)no1. The van der Waals surface area contributed by atoms with Crippen molar-refractivity contribution < 1.29 is 19.0 Å². The number of amides is 1. The van der Waals surface area contributed by atoms with Crippen LogP contribution in [0.25, 0.3) is 0 Å². The van der Waals surface area contributed by atoms with Gasteiger partial charge >= 0.3 is 0 Å². The standard InChI is InChI=1S/C14H15N3O5/c1-8-6-11(4-5-12(8)17(19)20)21-10(3)14(18)15-13-7-9(2)22-16-13/h4-7,10H,1-3H3,(H,15,16,18). The van der Waals surface area contributed by atoms with Crippen LogP contribution in [0.2, 0.25) is 0 Å². The molecule has 8 heteroatoms. The van der Waals surface area contributed by atoms with Crippen molar-refractivity contribution in [3.05, 3.63) is 45.7 Å². The second-order valence-electron chi connectivity index (χ2n) is 4.78. The minimum absolute atomic E-state index is 0.00234. The van der Waals surface area contributed by atoms with Gasteiger partial charge in [-0.2, -0.15) is 0 Å². The van der Waals surface area contributed by atoms with Gasteiger partial charge < -0.3 is 14.6 Å². The third-order valence-electron chi connectivity index (χ3n) is 2.93. The van der Waals surface area contributed by atoms with E-state index in [1.54, 1.807) is 26.8 Å². The minimum Gasteiger partial charge on any atom is -0.481 e. The largest absolute Gasteiger partial charge is 0.481 e. The molecule has 0 aliphatic heterocycles. The van der Waals surface area contributed by atoms with Gasteiger partial charge in [0.2, 0.25) is 0 Å². The van der Waals surface area contributed by atoms with E-state index in [1.807, 2.05) is 0 Å². The smallest absolute Gasteiger partial charge is 0.272 e. The number of ether oxygens (including phenoxy) is 1. The summed E-state index contributed by atoms with van der Waals surface area (Å²) in [6.07, 6.45) is -0.794. The lowest BCUT2D eigenvalue weighted by Crippen LogP contribution is -2.30. The summed E-state index contributed by atoms with van der Waals surface area (Å²) in [5, 5.41) is 17.0. The van der Waals surface area contributed by atoms with E-state index in [0.717, 1.165) is 0 Å². The summed E-state index contributed by atoms with van der Waals surface area (Å²) in [6.45, 7) is 4.88. The molecule has 1 N–H and O–H groups in total. The van der Waals surface area contributed by atoms with Crippen molar-refractivity contribution in [1.82, 2.24) is 5.16 Å². The molecule has 1 aromatic heterocycles. The Morgan fingerprint density at radius 1 is 1.41 bits per heavy atom. The first-order chi connectivity index (χ1) is 10.4. The van der Waals surface area contributed by atoms with Gasteiger partial charge in [-0.15, -0.1) is 0 Å².